The molecule has 1 fully saturated rings. The first-order chi connectivity index (χ1) is 5.22. The molecule has 0 aliphatic carbocycles. The highest BCUT2D eigenvalue weighted by molar-refractivity contribution is 4.71. The van der Waals surface area contributed by atoms with E-state index in [1.165, 1.54) is 19.3 Å². The van der Waals surface area contributed by atoms with Gasteiger partial charge >= 0.3 is 0 Å². The molecule has 4 nitrogen and oxygen atoms in total. The van der Waals surface area contributed by atoms with E-state index < -0.39 is 0 Å². The van der Waals surface area contributed by atoms with Crippen molar-refractivity contribution in [3.8, 4) is 0 Å². The Hall–Kier alpha value is -0.160. The van der Waals surface area contributed by atoms with E-state index in [1.54, 1.807) is 0 Å². The average Bonchev–Trinajstić information content (AvgIpc) is 2.13. The van der Waals surface area contributed by atoms with Gasteiger partial charge in [0, 0.05) is 6.54 Å². The van der Waals surface area contributed by atoms with Crippen LogP contribution in [0.1, 0.15) is 25.7 Å². The largest absolute Gasteiger partial charge is 0.316 e. The van der Waals surface area contributed by atoms with Crippen molar-refractivity contribution in [2.24, 2.45) is 17.2 Å². The molecular weight excluding hydrogens is 140 g/mol. The lowest BCUT2D eigenvalue weighted by molar-refractivity contribution is 0.145. The molecule has 0 aromatic heterocycles. The molecule has 1 rings (SSSR count). The number of nitrogens with zero attached hydrogens (tertiary/aromatic N) is 1. The Bertz CT molecular complexity index is 115. The van der Waals surface area contributed by atoms with E-state index in [0.717, 1.165) is 13.0 Å². The van der Waals surface area contributed by atoms with Crippen LogP contribution in [0.4, 0.5) is 0 Å². The molecule has 1 aliphatic heterocycles. The Balaban J connectivity index is 2.45. The van der Waals surface area contributed by atoms with Crippen LogP contribution in [0.2, 0.25) is 0 Å². The lowest BCUT2D eigenvalue weighted by Crippen LogP contribution is -2.56. The van der Waals surface area contributed by atoms with Gasteiger partial charge < -0.3 is 17.2 Å². The summed E-state index contributed by atoms with van der Waals surface area (Å²) >= 11 is 0. The predicted molar refractivity (Wildman–Crippen MR) is 45.3 cm³/mol. The topological polar surface area (TPSA) is 81.3 Å². The van der Waals surface area contributed by atoms with Gasteiger partial charge in [-0.1, -0.05) is 12.8 Å². The molecule has 1 saturated heterocycles. The Morgan fingerprint density at radius 2 is 1.91 bits per heavy atom. The van der Waals surface area contributed by atoms with Gasteiger partial charge in [0.15, 0.2) is 0 Å². The van der Waals surface area contributed by atoms with Crippen molar-refractivity contribution in [1.82, 2.24) is 4.90 Å². The summed E-state index contributed by atoms with van der Waals surface area (Å²) in [5.41, 5.74) is 16.9. The third-order valence-electron chi connectivity index (χ3n) is 2.23. The first-order valence-corrected chi connectivity index (χ1v) is 4.24. The highest BCUT2D eigenvalue weighted by atomic mass is 15.3. The standard InChI is InChI=1S/C7H18N4/c8-6-4-2-1-3-5-11(6)7(9)10/h6-7H,1-5,8-10H2. The first-order valence-electron chi connectivity index (χ1n) is 4.24. The molecule has 0 amide bonds. The van der Waals surface area contributed by atoms with Gasteiger partial charge in [0.1, 0.15) is 6.29 Å². The van der Waals surface area contributed by atoms with Gasteiger partial charge in [-0.25, -0.2) is 0 Å². The van der Waals surface area contributed by atoms with Gasteiger partial charge in [0.25, 0.3) is 0 Å². The zero-order valence-electron chi connectivity index (χ0n) is 6.87. The minimum atomic E-state index is -0.386. The number of rotatable bonds is 1. The highest BCUT2D eigenvalue weighted by Gasteiger charge is 2.19. The van der Waals surface area contributed by atoms with Crippen LogP contribution in [0.3, 0.4) is 0 Å². The van der Waals surface area contributed by atoms with Gasteiger partial charge in [-0.15, -0.1) is 0 Å². The van der Waals surface area contributed by atoms with E-state index in [0.29, 0.717) is 0 Å². The molecule has 1 heterocycles. The molecule has 1 unspecified atom stereocenters. The highest BCUT2D eigenvalue weighted by Crippen LogP contribution is 2.12. The van der Waals surface area contributed by atoms with Gasteiger partial charge in [0.05, 0.1) is 6.17 Å². The Morgan fingerprint density at radius 3 is 2.55 bits per heavy atom. The normalized spacial score (nSPS) is 28.9. The second-order valence-corrected chi connectivity index (χ2v) is 3.15. The summed E-state index contributed by atoms with van der Waals surface area (Å²) in [5, 5.41) is 0. The van der Waals surface area contributed by atoms with Gasteiger partial charge in [0.2, 0.25) is 0 Å². The molecule has 0 aromatic carbocycles. The summed E-state index contributed by atoms with van der Waals surface area (Å²) in [6.07, 6.45) is 4.31. The minimum absolute atomic E-state index is 0.0671. The molecule has 0 aromatic rings. The quantitative estimate of drug-likeness (QED) is 0.443. The molecule has 6 N–H and O–H groups in total. The van der Waals surface area contributed by atoms with Crippen LogP contribution >= 0.6 is 0 Å². The van der Waals surface area contributed by atoms with Crippen LogP contribution in [-0.2, 0) is 0 Å². The van der Waals surface area contributed by atoms with E-state index >= 15 is 0 Å². The van der Waals surface area contributed by atoms with E-state index in [9.17, 15) is 0 Å². The third kappa shape index (κ3) is 2.41. The zero-order valence-corrected chi connectivity index (χ0v) is 6.87. The lowest BCUT2D eigenvalue weighted by atomic mass is 10.2. The van der Waals surface area contributed by atoms with Crippen molar-refractivity contribution in [2.75, 3.05) is 6.54 Å². The molecule has 4 heteroatoms. The number of hydrogen-bond acceptors (Lipinski definition) is 4. The smallest absolute Gasteiger partial charge is 0.110 e. The summed E-state index contributed by atoms with van der Waals surface area (Å²) < 4.78 is 0. The van der Waals surface area contributed by atoms with Crippen LogP contribution in [0.15, 0.2) is 0 Å². The maximum atomic E-state index is 5.85. The van der Waals surface area contributed by atoms with E-state index in [-0.39, 0.29) is 12.5 Å². The summed E-state index contributed by atoms with van der Waals surface area (Å²) in [4.78, 5) is 1.97. The Kier molecular flexibility index (Phi) is 3.26. The molecule has 0 radical (unpaired) electrons. The van der Waals surface area contributed by atoms with Crippen molar-refractivity contribution in [1.29, 1.82) is 0 Å². The first kappa shape index (κ1) is 8.93. The third-order valence-corrected chi connectivity index (χ3v) is 2.23. The Morgan fingerprint density at radius 1 is 1.18 bits per heavy atom. The fourth-order valence-corrected chi connectivity index (χ4v) is 1.53. The predicted octanol–water partition coefficient (Wildman–Crippen LogP) is -0.652. The fraction of sp³-hybridized carbons (Fsp3) is 1.00. The fourth-order valence-electron chi connectivity index (χ4n) is 1.53. The van der Waals surface area contributed by atoms with Crippen LogP contribution < -0.4 is 17.2 Å². The van der Waals surface area contributed by atoms with Gasteiger partial charge in [-0.3, -0.25) is 4.90 Å². The molecule has 0 saturated carbocycles. The van der Waals surface area contributed by atoms with E-state index in [2.05, 4.69) is 0 Å². The summed E-state index contributed by atoms with van der Waals surface area (Å²) in [7, 11) is 0. The average molecular weight is 158 g/mol. The van der Waals surface area contributed by atoms with Gasteiger partial charge in [-0.05, 0) is 12.8 Å². The van der Waals surface area contributed by atoms with Crippen LogP contribution in [0, 0.1) is 0 Å². The van der Waals surface area contributed by atoms with Gasteiger partial charge in [-0.2, -0.15) is 0 Å². The van der Waals surface area contributed by atoms with E-state index in [1.807, 2.05) is 4.90 Å². The summed E-state index contributed by atoms with van der Waals surface area (Å²) in [6, 6.07) is 0. The zero-order chi connectivity index (χ0) is 8.27. The molecule has 0 bridgehead atoms. The minimum Gasteiger partial charge on any atom is -0.316 e. The molecule has 11 heavy (non-hydrogen) atoms. The van der Waals surface area contributed by atoms with Crippen molar-refractivity contribution >= 4 is 0 Å². The number of likely N-dealkylation sites (tertiary alicyclic amines) is 1. The second kappa shape index (κ2) is 4.01. The lowest BCUT2D eigenvalue weighted by Gasteiger charge is -2.29. The second-order valence-electron chi connectivity index (χ2n) is 3.15. The van der Waals surface area contributed by atoms with Crippen molar-refractivity contribution < 1.29 is 0 Å². The number of nitrogens with two attached hydrogens (primary N) is 3. The molecule has 1 atom stereocenters. The molecule has 1 aliphatic rings. The van der Waals surface area contributed by atoms with Crippen molar-refractivity contribution in [3.63, 3.8) is 0 Å². The van der Waals surface area contributed by atoms with Crippen LogP contribution in [0.5, 0.6) is 0 Å². The van der Waals surface area contributed by atoms with Crippen molar-refractivity contribution in [2.45, 2.75) is 38.1 Å². The maximum Gasteiger partial charge on any atom is 0.110 e. The van der Waals surface area contributed by atoms with E-state index in [4.69, 9.17) is 17.2 Å². The maximum absolute atomic E-state index is 5.85. The van der Waals surface area contributed by atoms with Crippen LogP contribution in [-0.4, -0.2) is 23.9 Å². The Labute approximate surface area is 67.7 Å². The molecule has 0 spiro atoms. The monoisotopic (exact) mass is 158 g/mol. The summed E-state index contributed by atoms with van der Waals surface area (Å²) in [6.45, 7) is 0.943. The van der Waals surface area contributed by atoms with Crippen molar-refractivity contribution in [3.05, 3.63) is 0 Å². The molecule has 66 valence electrons. The number of hydrogen-bond donors (Lipinski definition) is 3. The SMILES string of the molecule is NC(N)N1CCCCCC1N. The molecular formula is C7H18N4. The van der Waals surface area contributed by atoms with Crippen LogP contribution in [0.25, 0.3) is 0 Å². The summed E-state index contributed by atoms with van der Waals surface area (Å²) in [5.74, 6) is 0.